The maximum absolute atomic E-state index is 11.8. The van der Waals surface area contributed by atoms with Gasteiger partial charge in [0.05, 0.1) is 37.2 Å². The zero-order valence-corrected chi connectivity index (χ0v) is 14.1. The summed E-state index contributed by atoms with van der Waals surface area (Å²) in [6.45, 7) is 5.81. The molecular weight excluding hydrogens is 296 g/mol. The van der Waals surface area contributed by atoms with Gasteiger partial charge in [-0.05, 0) is 32.6 Å². The molecule has 0 aromatic carbocycles. The molecule has 2 spiro atoms. The van der Waals surface area contributed by atoms with Crippen molar-refractivity contribution < 1.29 is 23.7 Å². The summed E-state index contributed by atoms with van der Waals surface area (Å²) in [5.41, 5.74) is -0.393. The molecule has 4 aliphatic rings. The number of ether oxygens (including phenoxy) is 4. The third-order valence-electron chi connectivity index (χ3n) is 6.51. The van der Waals surface area contributed by atoms with Crippen LogP contribution in [0, 0.1) is 11.3 Å². The molecule has 23 heavy (non-hydrogen) atoms. The van der Waals surface area contributed by atoms with Crippen molar-refractivity contribution >= 4 is 5.97 Å². The summed E-state index contributed by atoms with van der Waals surface area (Å²) in [5.74, 6) is 0.280. The lowest BCUT2D eigenvalue weighted by atomic mass is 9.48. The Morgan fingerprint density at radius 2 is 2.04 bits per heavy atom. The van der Waals surface area contributed by atoms with Gasteiger partial charge < -0.3 is 18.9 Å². The fraction of sp³-hybridized carbons (Fsp3) is 0.833. The highest BCUT2D eigenvalue weighted by atomic mass is 16.7. The van der Waals surface area contributed by atoms with E-state index in [2.05, 4.69) is 6.92 Å². The van der Waals surface area contributed by atoms with E-state index in [9.17, 15) is 4.79 Å². The van der Waals surface area contributed by atoms with Crippen molar-refractivity contribution in [1.29, 1.82) is 0 Å². The Morgan fingerprint density at radius 3 is 2.78 bits per heavy atom. The standard InChI is InChI=1S/C18H26O5/c1-3-20-15(19)12-14-13-6-4-7-16(2)17(13,23-14)8-5-9-18(16)21-10-11-22-18/h12-13H,3-11H2,1-2H3/b14-12-/t13-,16-,17+/m0/s1. The van der Waals surface area contributed by atoms with Crippen molar-refractivity contribution in [1.82, 2.24) is 0 Å². The number of hydrogen-bond acceptors (Lipinski definition) is 5. The first-order chi connectivity index (χ1) is 11.1. The number of rotatable bonds is 2. The van der Waals surface area contributed by atoms with Gasteiger partial charge in [0, 0.05) is 6.42 Å². The maximum Gasteiger partial charge on any atom is 0.334 e. The molecule has 2 saturated carbocycles. The minimum Gasteiger partial charge on any atom is -0.489 e. The van der Waals surface area contributed by atoms with Crippen LogP contribution >= 0.6 is 0 Å². The van der Waals surface area contributed by atoms with Crippen LogP contribution in [-0.2, 0) is 23.7 Å². The molecule has 2 heterocycles. The molecule has 3 atom stereocenters. The van der Waals surface area contributed by atoms with Crippen LogP contribution in [0.2, 0.25) is 0 Å². The molecule has 0 aromatic rings. The average Bonchev–Trinajstić information content (AvgIpc) is 2.98. The summed E-state index contributed by atoms with van der Waals surface area (Å²) in [7, 11) is 0. The van der Waals surface area contributed by atoms with Gasteiger partial charge in [0.2, 0.25) is 0 Å². The van der Waals surface area contributed by atoms with Gasteiger partial charge >= 0.3 is 5.97 Å². The fourth-order valence-corrected chi connectivity index (χ4v) is 5.49. The number of esters is 1. The lowest BCUT2D eigenvalue weighted by Gasteiger charge is -2.68. The van der Waals surface area contributed by atoms with Crippen LogP contribution < -0.4 is 0 Å². The minimum atomic E-state index is -0.501. The number of carbonyl (C=O) groups excluding carboxylic acids is 1. The van der Waals surface area contributed by atoms with Crippen LogP contribution in [0.25, 0.3) is 0 Å². The van der Waals surface area contributed by atoms with Crippen molar-refractivity contribution in [3.05, 3.63) is 11.8 Å². The van der Waals surface area contributed by atoms with Gasteiger partial charge in [-0.15, -0.1) is 0 Å². The van der Waals surface area contributed by atoms with Gasteiger partial charge in [-0.25, -0.2) is 4.79 Å². The third kappa shape index (κ3) is 1.89. The Labute approximate surface area is 137 Å². The minimum absolute atomic E-state index is 0.149. The smallest absolute Gasteiger partial charge is 0.334 e. The molecule has 5 heteroatoms. The van der Waals surface area contributed by atoms with Gasteiger partial charge in [-0.2, -0.15) is 0 Å². The van der Waals surface area contributed by atoms with Crippen LogP contribution in [0.1, 0.15) is 52.4 Å². The Bertz CT molecular complexity index is 536. The van der Waals surface area contributed by atoms with Crippen molar-refractivity contribution in [2.45, 2.75) is 63.8 Å². The Balaban J connectivity index is 1.65. The predicted octanol–water partition coefficient (Wildman–Crippen LogP) is 2.94. The molecule has 0 radical (unpaired) electrons. The predicted molar refractivity (Wildman–Crippen MR) is 82.5 cm³/mol. The Morgan fingerprint density at radius 1 is 1.26 bits per heavy atom. The molecular formula is C18H26O5. The highest BCUT2D eigenvalue weighted by Gasteiger charge is 2.74. The van der Waals surface area contributed by atoms with Gasteiger partial charge in [-0.1, -0.05) is 13.3 Å². The second-order valence-electron chi connectivity index (χ2n) is 7.37. The molecule has 4 rings (SSSR count). The lowest BCUT2D eigenvalue weighted by Crippen LogP contribution is -2.73. The zero-order valence-electron chi connectivity index (χ0n) is 14.1. The molecule has 128 valence electrons. The molecule has 0 bridgehead atoms. The van der Waals surface area contributed by atoms with Crippen LogP contribution in [0.5, 0.6) is 0 Å². The van der Waals surface area contributed by atoms with Crippen LogP contribution in [0.3, 0.4) is 0 Å². The van der Waals surface area contributed by atoms with E-state index in [-0.39, 0.29) is 22.9 Å². The summed E-state index contributed by atoms with van der Waals surface area (Å²) >= 11 is 0. The maximum atomic E-state index is 11.8. The quantitative estimate of drug-likeness (QED) is 0.578. The van der Waals surface area contributed by atoms with Gasteiger partial charge in [0.25, 0.3) is 0 Å². The summed E-state index contributed by atoms with van der Waals surface area (Å²) in [6.07, 6.45) is 7.77. The summed E-state index contributed by atoms with van der Waals surface area (Å²) in [6, 6.07) is 0. The van der Waals surface area contributed by atoms with E-state index >= 15 is 0 Å². The van der Waals surface area contributed by atoms with Crippen molar-refractivity contribution in [3.8, 4) is 0 Å². The van der Waals surface area contributed by atoms with Gasteiger partial charge in [0.1, 0.15) is 11.4 Å². The SMILES string of the molecule is CCOC(=O)/C=C1\O[C@@]23CCCC4(OCCO4)[C@@]2(C)CCC[C@@H]13. The van der Waals surface area contributed by atoms with E-state index in [0.29, 0.717) is 19.8 Å². The van der Waals surface area contributed by atoms with Crippen LogP contribution in [0.4, 0.5) is 0 Å². The topological polar surface area (TPSA) is 54.0 Å². The van der Waals surface area contributed by atoms with Gasteiger partial charge in [-0.3, -0.25) is 0 Å². The first-order valence-electron chi connectivity index (χ1n) is 8.92. The molecule has 0 N–H and O–H groups in total. The molecule has 2 saturated heterocycles. The Hall–Kier alpha value is -1.07. The highest BCUT2D eigenvalue weighted by Crippen LogP contribution is 2.69. The van der Waals surface area contributed by atoms with E-state index < -0.39 is 5.79 Å². The fourth-order valence-electron chi connectivity index (χ4n) is 5.49. The average molecular weight is 322 g/mol. The van der Waals surface area contributed by atoms with Crippen molar-refractivity contribution in [3.63, 3.8) is 0 Å². The summed E-state index contributed by atoms with van der Waals surface area (Å²) in [5, 5.41) is 0. The van der Waals surface area contributed by atoms with E-state index in [1.54, 1.807) is 6.08 Å². The first-order valence-corrected chi connectivity index (χ1v) is 8.92. The number of carbonyl (C=O) groups is 1. The summed E-state index contributed by atoms with van der Waals surface area (Å²) in [4.78, 5) is 11.8. The number of fused-ring (bicyclic) bond motifs is 1. The second kappa shape index (κ2) is 5.21. The molecule has 2 aliphatic carbocycles. The Kier molecular flexibility index (Phi) is 3.50. The van der Waals surface area contributed by atoms with E-state index in [0.717, 1.165) is 44.3 Å². The molecule has 0 amide bonds. The highest BCUT2D eigenvalue weighted by molar-refractivity contribution is 5.82. The van der Waals surface area contributed by atoms with Crippen molar-refractivity contribution in [2.75, 3.05) is 19.8 Å². The molecule has 0 aromatic heterocycles. The zero-order chi connectivity index (χ0) is 16.1. The van der Waals surface area contributed by atoms with E-state index in [1.807, 2.05) is 6.92 Å². The number of hydrogen-bond donors (Lipinski definition) is 0. The second-order valence-corrected chi connectivity index (χ2v) is 7.37. The van der Waals surface area contributed by atoms with Crippen LogP contribution in [0.15, 0.2) is 11.8 Å². The first kappa shape index (κ1) is 15.5. The molecule has 2 aliphatic heterocycles. The van der Waals surface area contributed by atoms with E-state index in [4.69, 9.17) is 18.9 Å². The molecule has 5 nitrogen and oxygen atoms in total. The summed E-state index contributed by atoms with van der Waals surface area (Å²) < 4.78 is 23.7. The van der Waals surface area contributed by atoms with Gasteiger partial charge in [0.15, 0.2) is 5.79 Å². The molecule has 4 fully saturated rings. The third-order valence-corrected chi connectivity index (χ3v) is 6.51. The largest absolute Gasteiger partial charge is 0.489 e. The van der Waals surface area contributed by atoms with Crippen LogP contribution in [-0.4, -0.2) is 37.2 Å². The van der Waals surface area contributed by atoms with Crippen molar-refractivity contribution in [2.24, 2.45) is 11.3 Å². The van der Waals surface area contributed by atoms with E-state index in [1.165, 1.54) is 0 Å². The monoisotopic (exact) mass is 322 g/mol. The normalized spacial score (nSPS) is 42.5. The lowest BCUT2D eigenvalue weighted by molar-refractivity contribution is -0.361. The molecule has 0 unspecified atom stereocenters.